The Morgan fingerprint density at radius 3 is 2.77 bits per heavy atom. The predicted molar refractivity (Wildman–Crippen MR) is 43.6 cm³/mol. The van der Waals surface area contributed by atoms with E-state index in [1.807, 2.05) is 0 Å². The maximum atomic E-state index is 11.2. The molecule has 0 saturated heterocycles. The van der Waals surface area contributed by atoms with Crippen LogP contribution in [0.1, 0.15) is 5.56 Å². The first-order valence-corrected chi connectivity index (χ1v) is 3.51. The predicted octanol–water partition coefficient (Wildman–Crippen LogP) is -1.30. The molecule has 0 aliphatic rings. The number of aromatic amines is 1. The number of carboxylic acids is 1. The number of aryl methyl sites for hydroxylation is 1. The lowest BCUT2D eigenvalue weighted by Gasteiger charge is -1.99. The van der Waals surface area contributed by atoms with Gasteiger partial charge in [-0.15, -0.1) is 0 Å². The highest BCUT2D eigenvalue weighted by atomic mass is 16.4. The molecule has 1 rings (SSSR count). The highest BCUT2D eigenvalue weighted by molar-refractivity contribution is 5.69. The summed E-state index contributed by atoms with van der Waals surface area (Å²) in [5.41, 5.74) is -1.00. The zero-order valence-electron chi connectivity index (χ0n) is 6.90. The van der Waals surface area contributed by atoms with Crippen molar-refractivity contribution in [1.82, 2.24) is 9.78 Å². The number of rotatable bonds is 2. The van der Waals surface area contributed by atoms with Gasteiger partial charge in [0.05, 0.1) is 6.42 Å². The third-order valence-corrected chi connectivity index (χ3v) is 1.50. The van der Waals surface area contributed by atoms with Crippen LogP contribution in [0.15, 0.2) is 15.7 Å². The van der Waals surface area contributed by atoms with Gasteiger partial charge in [0, 0.05) is 18.7 Å². The third-order valence-electron chi connectivity index (χ3n) is 1.50. The van der Waals surface area contributed by atoms with Gasteiger partial charge in [-0.05, 0) is 0 Å². The smallest absolute Gasteiger partial charge is 0.308 e. The average molecular weight is 184 g/mol. The highest BCUT2D eigenvalue weighted by Crippen LogP contribution is 1.86. The molecule has 6 heteroatoms. The van der Waals surface area contributed by atoms with Crippen molar-refractivity contribution in [1.29, 1.82) is 0 Å². The van der Waals surface area contributed by atoms with Crippen molar-refractivity contribution >= 4 is 5.97 Å². The standard InChI is InChI=1S/C7H8N2O4/c1-9-7(13)4(3-6(11)12)2-5(10)8-9/h2H,3H2,1H3,(H,8,10)(H,11,12). The van der Waals surface area contributed by atoms with Gasteiger partial charge < -0.3 is 5.11 Å². The Kier molecular flexibility index (Phi) is 2.32. The molecule has 0 aromatic carbocycles. The van der Waals surface area contributed by atoms with Crippen LogP contribution >= 0.6 is 0 Å². The van der Waals surface area contributed by atoms with Crippen LogP contribution in [0.25, 0.3) is 0 Å². The van der Waals surface area contributed by atoms with Crippen LogP contribution in [0, 0.1) is 0 Å². The van der Waals surface area contributed by atoms with Crippen molar-refractivity contribution in [2.45, 2.75) is 6.42 Å². The number of H-pyrrole nitrogens is 1. The number of hydrogen-bond donors (Lipinski definition) is 2. The molecule has 0 aliphatic heterocycles. The van der Waals surface area contributed by atoms with Crippen LogP contribution in [0.2, 0.25) is 0 Å². The second-order valence-electron chi connectivity index (χ2n) is 2.58. The number of aromatic nitrogens is 2. The summed E-state index contributed by atoms with van der Waals surface area (Å²) in [6.45, 7) is 0. The van der Waals surface area contributed by atoms with E-state index in [2.05, 4.69) is 5.10 Å². The van der Waals surface area contributed by atoms with E-state index in [4.69, 9.17) is 5.11 Å². The lowest BCUT2D eigenvalue weighted by Crippen LogP contribution is -2.30. The van der Waals surface area contributed by atoms with E-state index in [9.17, 15) is 14.4 Å². The summed E-state index contributed by atoms with van der Waals surface area (Å²) in [5.74, 6) is -1.14. The SMILES string of the molecule is Cn1[nH]c(=O)cc(CC(=O)O)c1=O. The lowest BCUT2D eigenvalue weighted by molar-refractivity contribution is -0.136. The normalized spacial score (nSPS) is 9.92. The molecule has 0 saturated carbocycles. The average Bonchev–Trinajstić information content (AvgIpc) is 1.98. The zero-order chi connectivity index (χ0) is 10.0. The third kappa shape index (κ3) is 2.05. The number of nitrogens with one attached hydrogen (secondary N) is 1. The summed E-state index contributed by atoms with van der Waals surface area (Å²) in [5, 5.41) is 10.6. The molecule has 70 valence electrons. The summed E-state index contributed by atoms with van der Waals surface area (Å²) in [7, 11) is 1.36. The van der Waals surface area contributed by atoms with E-state index in [0.29, 0.717) is 0 Å². The molecular weight excluding hydrogens is 176 g/mol. The number of nitrogens with zero attached hydrogens (tertiary/aromatic N) is 1. The minimum absolute atomic E-state index is 0.0150. The Hall–Kier alpha value is -1.85. The molecule has 1 aromatic heterocycles. The van der Waals surface area contributed by atoms with Crippen molar-refractivity contribution in [3.63, 3.8) is 0 Å². The fourth-order valence-electron chi connectivity index (χ4n) is 0.973. The van der Waals surface area contributed by atoms with Crippen LogP contribution in [0.5, 0.6) is 0 Å². The van der Waals surface area contributed by atoms with Crippen LogP contribution in [-0.2, 0) is 18.3 Å². The largest absolute Gasteiger partial charge is 0.481 e. The van der Waals surface area contributed by atoms with Gasteiger partial charge in [0.25, 0.3) is 11.1 Å². The van der Waals surface area contributed by atoms with Crippen molar-refractivity contribution in [3.05, 3.63) is 32.3 Å². The first kappa shape index (κ1) is 9.24. The van der Waals surface area contributed by atoms with Gasteiger partial charge in [0.15, 0.2) is 0 Å². The van der Waals surface area contributed by atoms with E-state index in [1.54, 1.807) is 0 Å². The Morgan fingerprint density at radius 1 is 1.62 bits per heavy atom. The minimum atomic E-state index is -1.14. The molecule has 0 aliphatic carbocycles. The maximum Gasteiger partial charge on any atom is 0.308 e. The second-order valence-corrected chi connectivity index (χ2v) is 2.58. The zero-order valence-corrected chi connectivity index (χ0v) is 6.90. The quantitative estimate of drug-likeness (QED) is 0.597. The number of hydrogen-bond acceptors (Lipinski definition) is 3. The molecule has 2 N–H and O–H groups in total. The molecule has 0 amide bonds. The summed E-state index contributed by atoms with van der Waals surface area (Å²) in [6, 6.07) is 0.996. The Labute approximate surface area is 72.4 Å². The first-order chi connectivity index (χ1) is 6.00. The van der Waals surface area contributed by atoms with Gasteiger partial charge in [-0.3, -0.25) is 24.2 Å². The van der Waals surface area contributed by atoms with E-state index >= 15 is 0 Å². The molecule has 0 atom stereocenters. The van der Waals surface area contributed by atoms with Crippen LogP contribution < -0.4 is 11.1 Å². The molecule has 1 aromatic rings. The van der Waals surface area contributed by atoms with Crippen LogP contribution in [-0.4, -0.2) is 20.9 Å². The maximum absolute atomic E-state index is 11.2. The van der Waals surface area contributed by atoms with Crippen molar-refractivity contribution < 1.29 is 9.90 Å². The summed E-state index contributed by atoms with van der Waals surface area (Å²) in [4.78, 5) is 32.3. The van der Waals surface area contributed by atoms with E-state index in [1.165, 1.54) is 7.05 Å². The number of aliphatic carboxylic acids is 1. The highest BCUT2D eigenvalue weighted by Gasteiger charge is 2.07. The molecule has 1 heterocycles. The molecule has 0 radical (unpaired) electrons. The second kappa shape index (κ2) is 3.26. The van der Waals surface area contributed by atoms with Gasteiger partial charge in [-0.2, -0.15) is 0 Å². The molecule has 6 nitrogen and oxygen atoms in total. The van der Waals surface area contributed by atoms with E-state index in [0.717, 1.165) is 10.7 Å². The number of carboxylic acid groups (broad SMARTS) is 1. The van der Waals surface area contributed by atoms with E-state index in [-0.39, 0.29) is 5.56 Å². The van der Waals surface area contributed by atoms with Gasteiger partial charge in [0.1, 0.15) is 0 Å². The van der Waals surface area contributed by atoms with E-state index < -0.39 is 23.5 Å². The molecule has 0 fully saturated rings. The molecule has 0 spiro atoms. The Balaban J connectivity index is 3.29. The van der Waals surface area contributed by atoms with Gasteiger partial charge in [-0.25, -0.2) is 0 Å². The van der Waals surface area contributed by atoms with Crippen LogP contribution in [0.4, 0.5) is 0 Å². The topological polar surface area (TPSA) is 92.2 Å². The lowest BCUT2D eigenvalue weighted by atomic mass is 10.2. The van der Waals surface area contributed by atoms with Crippen molar-refractivity contribution in [2.24, 2.45) is 7.05 Å². The molecule has 13 heavy (non-hydrogen) atoms. The van der Waals surface area contributed by atoms with Crippen molar-refractivity contribution in [3.8, 4) is 0 Å². The summed E-state index contributed by atoms with van der Waals surface area (Å²) >= 11 is 0. The van der Waals surface area contributed by atoms with Gasteiger partial charge in [0.2, 0.25) is 0 Å². The minimum Gasteiger partial charge on any atom is -0.481 e. The molecule has 0 unspecified atom stereocenters. The van der Waals surface area contributed by atoms with Gasteiger partial charge >= 0.3 is 5.97 Å². The summed E-state index contributed by atoms with van der Waals surface area (Å²) < 4.78 is 0.959. The van der Waals surface area contributed by atoms with Gasteiger partial charge in [-0.1, -0.05) is 0 Å². The monoisotopic (exact) mass is 184 g/mol. The Morgan fingerprint density at radius 2 is 2.23 bits per heavy atom. The first-order valence-electron chi connectivity index (χ1n) is 3.51. The molecule has 0 bridgehead atoms. The van der Waals surface area contributed by atoms with Crippen LogP contribution in [0.3, 0.4) is 0 Å². The Bertz CT molecular complexity index is 443. The fraction of sp³-hybridized carbons (Fsp3) is 0.286. The summed E-state index contributed by atoms with van der Waals surface area (Å²) in [6.07, 6.45) is -0.434. The number of carbonyl (C=O) groups is 1. The fourth-order valence-corrected chi connectivity index (χ4v) is 0.973. The molecular formula is C7H8N2O4. The van der Waals surface area contributed by atoms with Crippen molar-refractivity contribution in [2.75, 3.05) is 0 Å².